The third-order valence-corrected chi connectivity index (χ3v) is 6.02. The maximum absolute atomic E-state index is 12.4. The van der Waals surface area contributed by atoms with Crippen LogP contribution in [0.5, 0.6) is 0 Å². The lowest BCUT2D eigenvalue weighted by molar-refractivity contribution is -0.116. The van der Waals surface area contributed by atoms with Crippen LogP contribution in [0, 0.1) is 0 Å². The summed E-state index contributed by atoms with van der Waals surface area (Å²) in [6.45, 7) is -0.0639. The van der Waals surface area contributed by atoms with Crippen molar-refractivity contribution in [1.82, 2.24) is 14.9 Å². The van der Waals surface area contributed by atoms with Gasteiger partial charge in [0.05, 0.1) is 16.0 Å². The topological polar surface area (TPSA) is 138 Å². The van der Waals surface area contributed by atoms with Crippen molar-refractivity contribution in [2.24, 2.45) is 0 Å². The Bertz CT molecular complexity index is 1260. The Morgan fingerprint density at radius 3 is 2.06 bits per heavy atom. The first-order valence-electron chi connectivity index (χ1n) is 9.50. The molecule has 10 nitrogen and oxygen atoms in total. The first-order chi connectivity index (χ1) is 15.3. The normalized spacial score (nSPS) is 13.1. The van der Waals surface area contributed by atoms with Gasteiger partial charge in [0, 0.05) is 31.0 Å². The van der Waals surface area contributed by atoms with Crippen LogP contribution in [-0.2, 0) is 14.8 Å². The summed E-state index contributed by atoms with van der Waals surface area (Å²) in [4.78, 5) is 45.6. The molecule has 3 aromatic rings. The van der Waals surface area contributed by atoms with Gasteiger partial charge in [0.15, 0.2) is 0 Å². The van der Waals surface area contributed by atoms with Gasteiger partial charge in [0.1, 0.15) is 0 Å². The molecule has 162 valence electrons. The summed E-state index contributed by atoms with van der Waals surface area (Å²) in [5.74, 6) is -1.34. The van der Waals surface area contributed by atoms with E-state index in [0.29, 0.717) is 16.8 Å². The van der Waals surface area contributed by atoms with Gasteiger partial charge in [0.2, 0.25) is 11.9 Å². The highest BCUT2D eigenvalue weighted by molar-refractivity contribution is 7.92. The van der Waals surface area contributed by atoms with Crippen molar-refractivity contribution in [3.05, 3.63) is 78.1 Å². The summed E-state index contributed by atoms with van der Waals surface area (Å²) in [7, 11) is -3.89. The lowest BCUT2D eigenvalue weighted by Crippen LogP contribution is -2.32. The monoisotopic (exact) mass is 451 g/mol. The molecule has 11 heteroatoms. The standard InChI is InChI=1S/C21H17N5O5S/c27-18(10-13-26-19(28)16-4-1-2-5-17(16)20(26)29)24-14-6-8-15(9-7-14)32(30,31)25-21-22-11-3-12-23-21/h1-9,11-12H,10,13H2,(H,24,27)(H,22,23,25). The number of nitrogens with one attached hydrogen (secondary N) is 2. The van der Waals surface area contributed by atoms with E-state index in [4.69, 9.17) is 0 Å². The minimum Gasteiger partial charge on any atom is -0.326 e. The predicted molar refractivity (Wildman–Crippen MR) is 114 cm³/mol. The number of hydrogen-bond acceptors (Lipinski definition) is 7. The molecule has 2 heterocycles. The van der Waals surface area contributed by atoms with E-state index >= 15 is 0 Å². The molecule has 0 saturated carbocycles. The number of nitrogens with zero attached hydrogens (tertiary/aromatic N) is 3. The van der Waals surface area contributed by atoms with Gasteiger partial charge >= 0.3 is 0 Å². The van der Waals surface area contributed by atoms with E-state index in [1.54, 1.807) is 30.3 Å². The molecule has 0 spiro atoms. The zero-order valence-corrected chi connectivity index (χ0v) is 17.4. The summed E-state index contributed by atoms with van der Waals surface area (Å²) >= 11 is 0. The van der Waals surface area contributed by atoms with Gasteiger partial charge in [-0.2, -0.15) is 0 Å². The van der Waals surface area contributed by atoms with Crippen LogP contribution in [0.3, 0.4) is 0 Å². The molecule has 1 aliphatic heterocycles. The second-order valence-electron chi connectivity index (χ2n) is 6.81. The number of imide groups is 1. The van der Waals surface area contributed by atoms with E-state index in [2.05, 4.69) is 20.0 Å². The number of hydrogen-bond donors (Lipinski definition) is 2. The van der Waals surface area contributed by atoms with Crippen LogP contribution >= 0.6 is 0 Å². The van der Waals surface area contributed by atoms with Crippen molar-refractivity contribution in [2.75, 3.05) is 16.6 Å². The molecule has 1 aliphatic rings. The number of amides is 3. The zero-order chi connectivity index (χ0) is 22.7. The van der Waals surface area contributed by atoms with Crippen molar-refractivity contribution in [1.29, 1.82) is 0 Å². The Morgan fingerprint density at radius 2 is 1.47 bits per heavy atom. The van der Waals surface area contributed by atoms with Crippen LogP contribution in [0.2, 0.25) is 0 Å². The van der Waals surface area contributed by atoms with Crippen molar-refractivity contribution in [3.63, 3.8) is 0 Å². The van der Waals surface area contributed by atoms with Gasteiger partial charge in [-0.25, -0.2) is 23.1 Å². The summed E-state index contributed by atoms with van der Waals surface area (Å²) in [6, 6.07) is 13.6. The fraction of sp³-hybridized carbons (Fsp3) is 0.0952. The van der Waals surface area contributed by atoms with Crippen LogP contribution in [0.25, 0.3) is 0 Å². The minimum absolute atomic E-state index is 0.0334. The van der Waals surface area contributed by atoms with Gasteiger partial charge in [-0.05, 0) is 42.5 Å². The Labute approximate surface area is 183 Å². The van der Waals surface area contributed by atoms with Crippen LogP contribution in [0.15, 0.2) is 71.9 Å². The molecule has 3 amide bonds. The number of sulfonamides is 1. The van der Waals surface area contributed by atoms with Crippen molar-refractivity contribution >= 4 is 39.4 Å². The third-order valence-electron chi connectivity index (χ3n) is 4.68. The molecule has 2 aromatic carbocycles. The molecule has 2 N–H and O–H groups in total. The molecule has 0 atom stereocenters. The maximum atomic E-state index is 12.4. The van der Waals surface area contributed by atoms with Gasteiger partial charge < -0.3 is 5.32 Å². The lowest BCUT2D eigenvalue weighted by Gasteiger charge is -2.13. The molecular formula is C21H17N5O5S. The molecule has 0 unspecified atom stereocenters. The zero-order valence-electron chi connectivity index (χ0n) is 16.6. The summed E-state index contributed by atoms with van der Waals surface area (Å²) < 4.78 is 27.0. The van der Waals surface area contributed by atoms with Gasteiger partial charge in [0.25, 0.3) is 21.8 Å². The van der Waals surface area contributed by atoms with Crippen LogP contribution in [0.4, 0.5) is 11.6 Å². The smallest absolute Gasteiger partial charge is 0.264 e. The number of anilines is 2. The summed E-state index contributed by atoms with van der Waals surface area (Å²) in [5, 5.41) is 2.62. The third kappa shape index (κ3) is 4.32. The van der Waals surface area contributed by atoms with Crippen LogP contribution in [-0.4, -0.2) is 47.6 Å². The van der Waals surface area contributed by atoms with Crippen LogP contribution < -0.4 is 10.0 Å². The van der Waals surface area contributed by atoms with E-state index in [0.717, 1.165) is 4.90 Å². The first-order valence-corrected chi connectivity index (χ1v) is 11.0. The lowest BCUT2D eigenvalue weighted by atomic mass is 10.1. The highest BCUT2D eigenvalue weighted by Gasteiger charge is 2.34. The Hall–Kier alpha value is -4.12. The van der Waals surface area contributed by atoms with E-state index < -0.39 is 27.7 Å². The second kappa shape index (κ2) is 8.55. The van der Waals surface area contributed by atoms with E-state index in [1.807, 2.05) is 0 Å². The van der Waals surface area contributed by atoms with Crippen molar-refractivity contribution < 1.29 is 22.8 Å². The molecular weight excluding hydrogens is 434 g/mol. The molecule has 1 aromatic heterocycles. The van der Waals surface area contributed by atoms with E-state index in [1.165, 1.54) is 36.7 Å². The highest BCUT2D eigenvalue weighted by atomic mass is 32.2. The number of benzene rings is 2. The summed E-state index contributed by atoms with van der Waals surface area (Å²) in [6.07, 6.45) is 2.72. The Kier molecular flexibility index (Phi) is 5.65. The maximum Gasteiger partial charge on any atom is 0.264 e. The van der Waals surface area contributed by atoms with Gasteiger partial charge in [-0.15, -0.1) is 0 Å². The molecule has 0 aliphatic carbocycles. The molecule has 0 saturated heterocycles. The average molecular weight is 451 g/mol. The fourth-order valence-electron chi connectivity index (χ4n) is 3.13. The Balaban J connectivity index is 1.34. The number of fused-ring (bicyclic) bond motifs is 1. The number of carbonyl (C=O) groups is 3. The molecule has 32 heavy (non-hydrogen) atoms. The largest absolute Gasteiger partial charge is 0.326 e. The quantitative estimate of drug-likeness (QED) is 0.523. The fourth-order valence-corrected chi connectivity index (χ4v) is 4.09. The predicted octanol–water partition coefficient (Wildman–Crippen LogP) is 1.90. The number of aromatic nitrogens is 2. The minimum atomic E-state index is -3.89. The van der Waals surface area contributed by atoms with Crippen LogP contribution in [0.1, 0.15) is 27.1 Å². The van der Waals surface area contributed by atoms with Gasteiger partial charge in [-0.3, -0.25) is 19.3 Å². The summed E-state index contributed by atoms with van der Waals surface area (Å²) in [5.41, 5.74) is 1.01. The second-order valence-corrected chi connectivity index (χ2v) is 8.49. The first kappa shape index (κ1) is 21.1. The average Bonchev–Trinajstić information content (AvgIpc) is 3.03. The Morgan fingerprint density at radius 1 is 0.875 bits per heavy atom. The molecule has 0 bridgehead atoms. The molecule has 4 rings (SSSR count). The van der Waals surface area contributed by atoms with E-state index in [9.17, 15) is 22.8 Å². The van der Waals surface area contributed by atoms with E-state index in [-0.39, 0.29) is 23.8 Å². The number of carbonyl (C=O) groups excluding carboxylic acids is 3. The highest BCUT2D eigenvalue weighted by Crippen LogP contribution is 2.22. The van der Waals surface area contributed by atoms with Gasteiger partial charge in [-0.1, -0.05) is 12.1 Å². The number of rotatable bonds is 7. The SMILES string of the molecule is O=C(CCN1C(=O)c2ccccc2C1=O)Nc1ccc(S(=O)(=O)Nc2ncccn2)cc1. The molecule has 0 radical (unpaired) electrons. The van der Waals surface area contributed by atoms with Crippen molar-refractivity contribution in [2.45, 2.75) is 11.3 Å². The van der Waals surface area contributed by atoms with Crippen molar-refractivity contribution in [3.8, 4) is 0 Å². The molecule has 0 fully saturated rings.